The van der Waals surface area contributed by atoms with Crippen LogP contribution in [0.2, 0.25) is 10.0 Å². The van der Waals surface area contributed by atoms with Crippen LogP contribution in [0.1, 0.15) is 26.7 Å². The number of benzene rings is 1. The summed E-state index contributed by atoms with van der Waals surface area (Å²) in [6, 6.07) is 5.05. The second-order valence-electron chi connectivity index (χ2n) is 4.89. The highest BCUT2D eigenvalue weighted by molar-refractivity contribution is 6.39. The van der Waals surface area contributed by atoms with Crippen molar-refractivity contribution in [3.8, 4) is 0 Å². The summed E-state index contributed by atoms with van der Waals surface area (Å²) in [6.45, 7) is 4.19. The molecular weight excluding hydrogens is 299 g/mol. The van der Waals surface area contributed by atoms with Crippen LogP contribution in [0.15, 0.2) is 18.2 Å². The van der Waals surface area contributed by atoms with Gasteiger partial charge in [-0.05, 0) is 31.9 Å². The number of amides is 1. The molecule has 3 N–H and O–H groups in total. The molecule has 1 aromatic rings. The molecule has 0 saturated heterocycles. The summed E-state index contributed by atoms with van der Waals surface area (Å²) in [6.07, 6.45) is 1.40. The average molecular weight is 319 g/mol. The normalized spacial score (nSPS) is 13.8. The summed E-state index contributed by atoms with van der Waals surface area (Å²) < 4.78 is 0. The Labute approximate surface area is 129 Å². The van der Waals surface area contributed by atoms with E-state index in [0.717, 1.165) is 6.42 Å². The van der Waals surface area contributed by atoms with E-state index < -0.39 is 0 Å². The third-order valence-corrected chi connectivity index (χ3v) is 3.98. The highest BCUT2D eigenvalue weighted by atomic mass is 35.5. The van der Waals surface area contributed by atoms with Crippen molar-refractivity contribution in [2.24, 2.45) is 0 Å². The van der Waals surface area contributed by atoms with E-state index in [1.165, 1.54) is 0 Å². The number of rotatable bonds is 7. The first-order valence-electron chi connectivity index (χ1n) is 6.51. The molecule has 1 aromatic carbocycles. The van der Waals surface area contributed by atoms with Crippen molar-refractivity contribution in [3.05, 3.63) is 28.2 Å². The molecule has 0 spiro atoms. The molecule has 112 valence electrons. The van der Waals surface area contributed by atoms with Gasteiger partial charge in [-0.1, -0.05) is 36.2 Å². The van der Waals surface area contributed by atoms with Gasteiger partial charge in [-0.15, -0.1) is 0 Å². The molecule has 1 unspecified atom stereocenters. The predicted molar refractivity (Wildman–Crippen MR) is 83.5 cm³/mol. The largest absolute Gasteiger partial charge is 0.396 e. The van der Waals surface area contributed by atoms with Crippen LogP contribution in [-0.4, -0.2) is 29.7 Å². The fourth-order valence-electron chi connectivity index (χ4n) is 1.73. The first kappa shape index (κ1) is 17.2. The fraction of sp³-hybridized carbons (Fsp3) is 0.500. The lowest BCUT2D eigenvalue weighted by Gasteiger charge is -2.28. The average Bonchev–Trinajstić information content (AvgIpc) is 2.41. The highest BCUT2D eigenvalue weighted by Crippen LogP contribution is 2.29. The van der Waals surface area contributed by atoms with Crippen molar-refractivity contribution in [2.45, 2.75) is 32.2 Å². The molecule has 4 nitrogen and oxygen atoms in total. The van der Waals surface area contributed by atoms with E-state index in [1.807, 2.05) is 13.8 Å². The van der Waals surface area contributed by atoms with Gasteiger partial charge in [0.05, 0.1) is 22.3 Å². The summed E-state index contributed by atoms with van der Waals surface area (Å²) in [5, 5.41) is 15.7. The maximum Gasteiger partial charge on any atom is 0.238 e. The van der Waals surface area contributed by atoms with Gasteiger partial charge in [0.15, 0.2) is 0 Å². The molecule has 6 heteroatoms. The van der Waals surface area contributed by atoms with Gasteiger partial charge in [-0.2, -0.15) is 0 Å². The van der Waals surface area contributed by atoms with Gasteiger partial charge < -0.3 is 15.7 Å². The molecule has 0 aliphatic heterocycles. The Kier molecular flexibility index (Phi) is 6.76. The molecule has 0 fully saturated rings. The Balaban J connectivity index is 2.60. The smallest absolute Gasteiger partial charge is 0.238 e. The van der Waals surface area contributed by atoms with Gasteiger partial charge >= 0.3 is 0 Å². The molecule has 0 bridgehead atoms. The minimum absolute atomic E-state index is 0.0787. The third kappa shape index (κ3) is 4.94. The van der Waals surface area contributed by atoms with Crippen LogP contribution in [0.25, 0.3) is 0 Å². The molecule has 0 aliphatic carbocycles. The molecular formula is C14H20Cl2N2O2. The fourth-order valence-corrected chi connectivity index (χ4v) is 2.22. The van der Waals surface area contributed by atoms with Crippen LogP contribution >= 0.6 is 23.2 Å². The second-order valence-corrected chi connectivity index (χ2v) is 5.70. The Bertz CT molecular complexity index is 448. The zero-order chi connectivity index (χ0) is 15.2. The maximum absolute atomic E-state index is 11.9. The van der Waals surface area contributed by atoms with Crippen LogP contribution in [0.3, 0.4) is 0 Å². The van der Waals surface area contributed by atoms with E-state index in [9.17, 15) is 4.79 Å². The Hall–Kier alpha value is -0.810. The Morgan fingerprint density at radius 3 is 2.45 bits per heavy atom. The number of carbonyl (C=O) groups is 1. The van der Waals surface area contributed by atoms with Crippen molar-refractivity contribution in [3.63, 3.8) is 0 Å². The zero-order valence-corrected chi connectivity index (χ0v) is 13.2. The van der Waals surface area contributed by atoms with E-state index in [1.54, 1.807) is 18.2 Å². The summed E-state index contributed by atoms with van der Waals surface area (Å²) in [4.78, 5) is 11.9. The van der Waals surface area contributed by atoms with Crippen molar-refractivity contribution in [1.82, 2.24) is 5.32 Å². The van der Waals surface area contributed by atoms with E-state index in [0.29, 0.717) is 22.2 Å². The van der Waals surface area contributed by atoms with Gasteiger partial charge in [0.1, 0.15) is 0 Å². The van der Waals surface area contributed by atoms with Crippen molar-refractivity contribution in [2.75, 3.05) is 18.5 Å². The SMILES string of the molecule is CCC(C)(CCO)NCC(=O)Nc1c(Cl)cccc1Cl. The third-order valence-electron chi connectivity index (χ3n) is 3.35. The van der Waals surface area contributed by atoms with Crippen molar-refractivity contribution >= 4 is 34.8 Å². The standard InChI is InChI=1S/C14H20Cl2N2O2/c1-3-14(2,7-8-19)17-9-12(20)18-13-10(15)5-4-6-11(13)16/h4-6,17,19H,3,7-9H2,1-2H3,(H,18,20). The van der Waals surface area contributed by atoms with Crippen LogP contribution in [0, 0.1) is 0 Å². The summed E-state index contributed by atoms with van der Waals surface area (Å²) >= 11 is 12.0. The molecule has 0 saturated carbocycles. The Morgan fingerprint density at radius 1 is 1.35 bits per heavy atom. The highest BCUT2D eigenvalue weighted by Gasteiger charge is 2.21. The Morgan fingerprint density at radius 2 is 1.95 bits per heavy atom. The van der Waals surface area contributed by atoms with Crippen LogP contribution in [-0.2, 0) is 4.79 Å². The number of halogens is 2. The first-order valence-corrected chi connectivity index (χ1v) is 7.27. The second kappa shape index (κ2) is 7.84. The molecule has 1 atom stereocenters. The minimum atomic E-state index is -0.267. The van der Waals surface area contributed by atoms with E-state index in [4.69, 9.17) is 28.3 Å². The summed E-state index contributed by atoms with van der Waals surface area (Å²) in [5.74, 6) is -0.224. The van der Waals surface area contributed by atoms with E-state index >= 15 is 0 Å². The van der Waals surface area contributed by atoms with Crippen LogP contribution < -0.4 is 10.6 Å². The molecule has 0 heterocycles. The van der Waals surface area contributed by atoms with Crippen molar-refractivity contribution < 1.29 is 9.90 Å². The molecule has 0 radical (unpaired) electrons. The number of hydrogen-bond donors (Lipinski definition) is 3. The minimum Gasteiger partial charge on any atom is -0.396 e. The summed E-state index contributed by atoms with van der Waals surface area (Å²) in [5.41, 5.74) is 0.152. The van der Waals surface area contributed by atoms with E-state index in [2.05, 4.69) is 10.6 Å². The maximum atomic E-state index is 11.9. The number of aliphatic hydroxyl groups excluding tert-OH is 1. The van der Waals surface area contributed by atoms with E-state index in [-0.39, 0.29) is 24.6 Å². The summed E-state index contributed by atoms with van der Waals surface area (Å²) in [7, 11) is 0. The number of aliphatic hydroxyl groups is 1. The van der Waals surface area contributed by atoms with Gasteiger partial charge in [-0.25, -0.2) is 0 Å². The van der Waals surface area contributed by atoms with Gasteiger partial charge in [0.2, 0.25) is 5.91 Å². The zero-order valence-electron chi connectivity index (χ0n) is 11.7. The lowest BCUT2D eigenvalue weighted by Crippen LogP contribution is -2.46. The molecule has 0 aromatic heterocycles. The molecule has 0 aliphatic rings. The van der Waals surface area contributed by atoms with Gasteiger partial charge in [-0.3, -0.25) is 4.79 Å². The number of carbonyl (C=O) groups excluding carboxylic acids is 1. The number of nitrogens with one attached hydrogen (secondary N) is 2. The number of anilines is 1. The molecule has 1 amide bonds. The van der Waals surface area contributed by atoms with Crippen molar-refractivity contribution in [1.29, 1.82) is 0 Å². The van der Waals surface area contributed by atoms with Gasteiger partial charge in [0.25, 0.3) is 0 Å². The monoisotopic (exact) mass is 318 g/mol. The number of para-hydroxylation sites is 1. The molecule has 1 rings (SSSR count). The van der Waals surface area contributed by atoms with Gasteiger partial charge in [0, 0.05) is 12.1 Å². The first-order chi connectivity index (χ1) is 9.41. The topological polar surface area (TPSA) is 61.4 Å². The lowest BCUT2D eigenvalue weighted by molar-refractivity contribution is -0.115. The van der Waals surface area contributed by atoms with Crippen LogP contribution in [0.5, 0.6) is 0 Å². The lowest BCUT2D eigenvalue weighted by atomic mass is 9.95. The predicted octanol–water partition coefficient (Wildman–Crippen LogP) is 3.07. The quantitative estimate of drug-likeness (QED) is 0.724. The molecule has 20 heavy (non-hydrogen) atoms. The number of hydrogen-bond acceptors (Lipinski definition) is 3. The van der Waals surface area contributed by atoms with Crippen LogP contribution in [0.4, 0.5) is 5.69 Å².